The van der Waals surface area contributed by atoms with Crippen LogP contribution in [0.3, 0.4) is 0 Å². The van der Waals surface area contributed by atoms with E-state index in [9.17, 15) is 9.59 Å². The molecular formula is C17H21N3O3S. The van der Waals surface area contributed by atoms with Gasteiger partial charge in [0, 0.05) is 18.0 Å². The highest BCUT2D eigenvalue weighted by atomic mass is 32.1. The summed E-state index contributed by atoms with van der Waals surface area (Å²) in [4.78, 5) is 33.7. The Balaban J connectivity index is 1.62. The zero-order chi connectivity index (χ0) is 16.8. The molecule has 3 heterocycles. The molecule has 0 aromatic carbocycles. The number of hydrogen-bond donors (Lipinski definition) is 0. The van der Waals surface area contributed by atoms with Gasteiger partial charge in [-0.1, -0.05) is 0 Å². The first-order valence-electron chi connectivity index (χ1n) is 8.46. The van der Waals surface area contributed by atoms with Crippen LogP contribution in [-0.4, -0.2) is 45.7 Å². The van der Waals surface area contributed by atoms with Crippen LogP contribution in [-0.2, 0) is 28.9 Å². The van der Waals surface area contributed by atoms with Gasteiger partial charge in [-0.2, -0.15) is 0 Å². The number of aromatic nitrogens is 2. The largest absolute Gasteiger partial charge is 0.372 e. The first-order valence-corrected chi connectivity index (χ1v) is 9.27. The molecule has 0 saturated carbocycles. The van der Waals surface area contributed by atoms with E-state index in [1.807, 2.05) is 13.8 Å². The average Bonchev–Trinajstić information content (AvgIpc) is 3.09. The van der Waals surface area contributed by atoms with Gasteiger partial charge in [-0.15, -0.1) is 11.3 Å². The number of fused-ring (bicyclic) bond motifs is 3. The molecule has 4 rings (SSSR count). The predicted octanol–water partition coefficient (Wildman–Crippen LogP) is 1.58. The third-order valence-electron chi connectivity index (χ3n) is 4.77. The molecular weight excluding hydrogens is 326 g/mol. The van der Waals surface area contributed by atoms with E-state index in [0.717, 1.165) is 35.0 Å². The molecule has 24 heavy (non-hydrogen) atoms. The lowest BCUT2D eigenvalue weighted by Crippen LogP contribution is -2.49. The lowest BCUT2D eigenvalue weighted by atomic mass is 10.2. The Morgan fingerprint density at radius 2 is 2.08 bits per heavy atom. The van der Waals surface area contributed by atoms with Crippen LogP contribution >= 0.6 is 11.3 Å². The van der Waals surface area contributed by atoms with Gasteiger partial charge in [0.15, 0.2) is 0 Å². The van der Waals surface area contributed by atoms with Crippen LogP contribution < -0.4 is 5.56 Å². The van der Waals surface area contributed by atoms with Gasteiger partial charge in [0.05, 0.1) is 23.9 Å². The summed E-state index contributed by atoms with van der Waals surface area (Å²) >= 11 is 1.62. The van der Waals surface area contributed by atoms with Gasteiger partial charge in [-0.3, -0.25) is 14.2 Å². The van der Waals surface area contributed by atoms with Crippen molar-refractivity contribution in [1.82, 2.24) is 14.5 Å². The molecule has 128 valence electrons. The normalized spacial score (nSPS) is 23.7. The third kappa shape index (κ3) is 2.65. The van der Waals surface area contributed by atoms with Gasteiger partial charge in [0.2, 0.25) is 5.91 Å². The Morgan fingerprint density at radius 3 is 2.83 bits per heavy atom. The van der Waals surface area contributed by atoms with E-state index in [2.05, 4.69) is 4.98 Å². The second-order valence-electron chi connectivity index (χ2n) is 6.77. The van der Waals surface area contributed by atoms with Crippen molar-refractivity contribution in [2.75, 3.05) is 13.1 Å². The first kappa shape index (κ1) is 15.8. The standard InChI is InChI=1S/C17H21N3O3S/c1-10-6-19(7-11(2)23-10)14(21)8-20-9-18-16-15(17(20)22)12-4-3-5-13(12)24-16/h9-11H,3-8H2,1-2H3/t10-,11-/m0/s1. The Bertz CT molecular complexity index is 847. The highest BCUT2D eigenvalue weighted by Crippen LogP contribution is 2.34. The molecule has 7 heteroatoms. The van der Waals surface area contributed by atoms with E-state index in [0.29, 0.717) is 13.1 Å². The monoisotopic (exact) mass is 347 g/mol. The van der Waals surface area contributed by atoms with Crippen LogP contribution in [0.1, 0.15) is 30.7 Å². The molecule has 1 aliphatic heterocycles. The van der Waals surface area contributed by atoms with Gasteiger partial charge >= 0.3 is 0 Å². The van der Waals surface area contributed by atoms with E-state index in [-0.39, 0.29) is 30.2 Å². The van der Waals surface area contributed by atoms with Crippen LogP contribution in [0.25, 0.3) is 10.2 Å². The lowest BCUT2D eigenvalue weighted by molar-refractivity contribution is -0.143. The van der Waals surface area contributed by atoms with Crippen molar-refractivity contribution in [3.05, 3.63) is 27.1 Å². The molecule has 1 aliphatic carbocycles. The van der Waals surface area contributed by atoms with Crippen LogP contribution in [0.5, 0.6) is 0 Å². The van der Waals surface area contributed by atoms with E-state index >= 15 is 0 Å². The van der Waals surface area contributed by atoms with Crippen molar-refractivity contribution in [2.45, 2.75) is 51.9 Å². The quantitative estimate of drug-likeness (QED) is 0.827. The number of rotatable bonds is 2. The SMILES string of the molecule is C[C@H]1CN(C(=O)Cn2cnc3sc4c(c3c2=O)CCC4)C[C@H](C)O1. The molecule has 2 aromatic heterocycles. The number of nitrogens with zero attached hydrogens (tertiary/aromatic N) is 3. The number of amides is 1. The molecule has 0 bridgehead atoms. The van der Waals surface area contributed by atoms with Crippen LogP contribution in [0.15, 0.2) is 11.1 Å². The molecule has 0 radical (unpaired) electrons. The van der Waals surface area contributed by atoms with Crippen molar-refractivity contribution in [2.24, 2.45) is 0 Å². The van der Waals surface area contributed by atoms with Gasteiger partial charge in [0.25, 0.3) is 5.56 Å². The minimum Gasteiger partial charge on any atom is -0.372 e. The minimum absolute atomic E-state index is 0.0233. The van der Waals surface area contributed by atoms with E-state index < -0.39 is 0 Å². The Morgan fingerprint density at radius 1 is 1.33 bits per heavy atom. The Kier molecular flexibility index (Phi) is 3.92. The molecule has 2 aromatic rings. The maximum absolute atomic E-state index is 12.8. The summed E-state index contributed by atoms with van der Waals surface area (Å²) in [5, 5.41) is 0.728. The molecule has 1 amide bonds. The average molecular weight is 347 g/mol. The van der Waals surface area contributed by atoms with Crippen molar-refractivity contribution in [1.29, 1.82) is 0 Å². The van der Waals surface area contributed by atoms with Gasteiger partial charge in [-0.25, -0.2) is 4.98 Å². The lowest BCUT2D eigenvalue weighted by Gasteiger charge is -2.35. The Hall–Kier alpha value is -1.73. The summed E-state index contributed by atoms with van der Waals surface area (Å²) < 4.78 is 7.12. The molecule has 2 atom stereocenters. The summed E-state index contributed by atoms with van der Waals surface area (Å²) in [6.07, 6.45) is 4.65. The summed E-state index contributed by atoms with van der Waals surface area (Å²) in [5.74, 6) is -0.0490. The maximum atomic E-state index is 12.8. The van der Waals surface area contributed by atoms with Crippen molar-refractivity contribution in [3.63, 3.8) is 0 Å². The fraction of sp³-hybridized carbons (Fsp3) is 0.588. The topological polar surface area (TPSA) is 64.4 Å². The van der Waals surface area contributed by atoms with Crippen LogP contribution in [0.4, 0.5) is 0 Å². The summed E-state index contributed by atoms with van der Waals surface area (Å²) in [6, 6.07) is 0. The van der Waals surface area contributed by atoms with Crippen LogP contribution in [0, 0.1) is 0 Å². The molecule has 2 aliphatic rings. The van der Waals surface area contributed by atoms with Gasteiger partial charge in [0.1, 0.15) is 11.4 Å². The second kappa shape index (κ2) is 5.97. The number of morpholine rings is 1. The highest BCUT2D eigenvalue weighted by Gasteiger charge is 2.27. The number of hydrogen-bond acceptors (Lipinski definition) is 5. The number of ether oxygens (including phenoxy) is 1. The Labute approximate surface area is 144 Å². The van der Waals surface area contributed by atoms with Gasteiger partial charge < -0.3 is 9.64 Å². The molecule has 1 saturated heterocycles. The molecule has 0 N–H and O–H groups in total. The summed E-state index contributed by atoms with van der Waals surface area (Å²) in [6.45, 7) is 5.11. The fourth-order valence-electron chi connectivity index (χ4n) is 3.76. The van der Waals surface area contributed by atoms with Crippen molar-refractivity contribution >= 4 is 27.5 Å². The third-order valence-corrected chi connectivity index (χ3v) is 5.97. The number of carbonyl (C=O) groups excluding carboxylic acids is 1. The van der Waals surface area contributed by atoms with Crippen molar-refractivity contribution in [3.8, 4) is 0 Å². The summed E-state index contributed by atoms with van der Waals surface area (Å²) in [5.41, 5.74) is 1.07. The minimum atomic E-state index is -0.0814. The first-order chi connectivity index (χ1) is 11.5. The van der Waals surface area contributed by atoms with E-state index in [1.165, 1.54) is 15.8 Å². The van der Waals surface area contributed by atoms with E-state index in [1.54, 1.807) is 16.2 Å². The zero-order valence-electron chi connectivity index (χ0n) is 13.9. The molecule has 0 spiro atoms. The molecule has 6 nitrogen and oxygen atoms in total. The second-order valence-corrected chi connectivity index (χ2v) is 7.85. The molecule has 1 fully saturated rings. The number of carbonyl (C=O) groups is 1. The smallest absolute Gasteiger partial charge is 0.262 e. The molecule has 0 unspecified atom stereocenters. The van der Waals surface area contributed by atoms with E-state index in [4.69, 9.17) is 4.74 Å². The van der Waals surface area contributed by atoms with Gasteiger partial charge in [-0.05, 0) is 38.7 Å². The summed E-state index contributed by atoms with van der Waals surface area (Å²) in [7, 11) is 0. The highest BCUT2D eigenvalue weighted by molar-refractivity contribution is 7.18. The maximum Gasteiger partial charge on any atom is 0.262 e. The zero-order valence-corrected chi connectivity index (χ0v) is 14.8. The van der Waals surface area contributed by atoms with Crippen LogP contribution in [0.2, 0.25) is 0 Å². The fourth-order valence-corrected chi connectivity index (χ4v) is 4.98. The van der Waals surface area contributed by atoms with Crippen molar-refractivity contribution < 1.29 is 9.53 Å². The predicted molar refractivity (Wildman–Crippen MR) is 92.5 cm³/mol. The number of aryl methyl sites for hydroxylation is 2. The number of thiophene rings is 1.